The lowest BCUT2D eigenvalue weighted by Crippen LogP contribution is -2.68. The topological polar surface area (TPSA) is 62.1 Å². The van der Waals surface area contributed by atoms with E-state index < -0.39 is 0 Å². The normalized spacial score (nSPS) is 22.2. The van der Waals surface area contributed by atoms with Crippen molar-refractivity contribution in [2.45, 2.75) is 33.8 Å². The Balaban J connectivity index is 1.66. The van der Waals surface area contributed by atoms with Crippen LogP contribution in [-0.4, -0.2) is 18.6 Å². The molecule has 4 nitrogen and oxygen atoms in total. The van der Waals surface area contributed by atoms with Crippen molar-refractivity contribution >= 4 is 5.91 Å². The van der Waals surface area contributed by atoms with Gasteiger partial charge in [0, 0.05) is 22.9 Å². The van der Waals surface area contributed by atoms with Gasteiger partial charge in [0.25, 0.3) is 5.91 Å². The number of rotatable bonds is 5. The van der Waals surface area contributed by atoms with Crippen LogP contribution in [0.4, 0.5) is 0 Å². The molecular formula is C23H26N2O2. The molecule has 0 radical (unpaired) electrons. The van der Waals surface area contributed by atoms with Crippen LogP contribution in [0.5, 0.6) is 5.75 Å². The number of ether oxygens (including phenoxy) is 1. The second-order valence-electron chi connectivity index (χ2n) is 8.41. The van der Waals surface area contributed by atoms with E-state index >= 15 is 0 Å². The Hall–Kier alpha value is -2.80. The monoisotopic (exact) mass is 362 g/mol. The Labute approximate surface area is 161 Å². The van der Waals surface area contributed by atoms with Crippen molar-refractivity contribution in [1.29, 1.82) is 5.26 Å². The molecule has 1 fully saturated rings. The van der Waals surface area contributed by atoms with Gasteiger partial charge in [-0.25, -0.2) is 0 Å². The number of nitrogens with one attached hydrogen (secondary N) is 1. The fourth-order valence-electron chi connectivity index (χ4n) is 4.65. The molecule has 0 saturated heterocycles. The van der Waals surface area contributed by atoms with E-state index in [1.54, 1.807) is 12.1 Å². The summed E-state index contributed by atoms with van der Waals surface area (Å²) in [7, 11) is 0. The Kier molecular flexibility index (Phi) is 4.97. The summed E-state index contributed by atoms with van der Waals surface area (Å²) in [6.45, 7) is 9.36. The van der Waals surface area contributed by atoms with Crippen LogP contribution in [0.1, 0.15) is 43.6 Å². The Bertz CT molecular complexity index is 832. The third-order valence-corrected chi connectivity index (χ3v) is 5.89. The van der Waals surface area contributed by atoms with Gasteiger partial charge < -0.3 is 10.1 Å². The molecule has 1 amide bonds. The van der Waals surface area contributed by atoms with E-state index in [0.717, 1.165) is 5.75 Å². The van der Waals surface area contributed by atoms with Gasteiger partial charge in [0.05, 0.1) is 11.6 Å². The Morgan fingerprint density at radius 3 is 2.19 bits per heavy atom. The predicted molar refractivity (Wildman–Crippen MR) is 105 cm³/mol. The average molecular weight is 362 g/mol. The quantitative estimate of drug-likeness (QED) is 0.856. The number of carbonyl (C=O) groups excluding carboxylic acids is 1. The minimum atomic E-state index is -0.0820. The van der Waals surface area contributed by atoms with E-state index in [0.29, 0.717) is 23.6 Å². The zero-order valence-electron chi connectivity index (χ0n) is 16.3. The molecule has 0 bridgehead atoms. The lowest BCUT2D eigenvalue weighted by molar-refractivity contribution is -0.195. The fraction of sp³-hybridized carbons (Fsp3) is 0.391. The van der Waals surface area contributed by atoms with Gasteiger partial charge >= 0.3 is 0 Å². The van der Waals surface area contributed by atoms with Gasteiger partial charge in [-0.05, 0) is 42.3 Å². The van der Waals surface area contributed by atoms with Crippen molar-refractivity contribution in [1.82, 2.24) is 5.32 Å². The highest BCUT2D eigenvalue weighted by molar-refractivity contribution is 5.94. The zero-order valence-corrected chi connectivity index (χ0v) is 16.3. The standard InChI is InChI=1S/C23H26N2O2/c1-22(2)19(15-25-20(26)17-8-6-5-7-9-17)23(3,4)21(22)27-18-12-10-16(14-24)11-13-18/h5-13,19,21H,15H2,1-4H3,(H,25,26). The summed E-state index contributed by atoms with van der Waals surface area (Å²) in [6.07, 6.45) is 0.0246. The van der Waals surface area contributed by atoms with Gasteiger partial charge in [-0.3, -0.25) is 4.79 Å². The third-order valence-electron chi connectivity index (χ3n) is 5.89. The molecule has 1 aliphatic rings. The summed E-state index contributed by atoms with van der Waals surface area (Å²) in [4.78, 5) is 12.4. The van der Waals surface area contributed by atoms with E-state index in [-0.39, 0.29) is 22.8 Å². The van der Waals surface area contributed by atoms with Gasteiger partial charge in [0.1, 0.15) is 11.9 Å². The maximum Gasteiger partial charge on any atom is 0.251 e. The summed E-state index contributed by atoms with van der Waals surface area (Å²) in [5.74, 6) is 1.02. The summed E-state index contributed by atoms with van der Waals surface area (Å²) in [6, 6.07) is 18.6. The minimum absolute atomic E-state index is 0.0246. The van der Waals surface area contributed by atoms with E-state index in [2.05, 4.69) is 39.1 Å². The van der Waals surface area contributed by atoms with Crippen LogP contribution in [0.25, 0.3) is 0 Å². The first-order valence-electron chi connectivity index (χ1n) is 9.27. The number of hydrogen-bond donors (Lipinski definition) is 1. The summed E-state index contributed by atoms with van der Waals surface area (Å²) < 4.78 is 6.28. The average Bonchev–Trinajstić information content (AvgIpc) is 2.66. The van der Waals surface area contributed by atoms with Crippen LogP contribution in [0.2, 0.25) is 0 Å². The molecule has 140 valence electrons. The lowest BCUT2D eigenvalue weighted by Gasteiger charge is -2.63. The maximum absolute atomic E-state index is 12.4. The van der Waals surface area contributed by atoms with Gasteiger partial charge in [0.2, 0.25) is 0 Å². The molecule has 1 N–H and O–H groups in total. The number of carbonyl (C=O) groups is 1. The van der Waals surface area contributed by atoms with Crippen LogP contribution >= 0.6 is 0 Å². The molecule has 2 aromatic rings. The van der Waals surface area contributed by atoms with Gasteiger partial charge in [0.15, 0.2) is 0 Å². The van der Waals surface area contributed by atoms with E-state index in [4.69, 9.17) is 10.00 Å². The van der Waals surface area contributed by atoms with Gasteiger partial charge in [-0.15, -0.1) is 0 Å². The second-order valence-corrected chi connectivity index (χ2v) is 8.41. The van der Waals surface area contributed by atoms with Crippen LogP contribution in [0.3, 0.4) is 0 Å². The second kappa shape index (κ2) is 7.08. The van der Waals surface area contributed by atoms with Crippen molar-refractivity contribution in [3.05, 3.63) is 65.7 Å². The highest BCUT2D eigenvalue weighted by atomic mass is 16.5. The molecule has 0 unspecified atom stereocenters. The summed E-state index contributed by atoms with van der Waals surface area (Å²) >= 11 is 0. The van der Waals surface area contributed by atoms with E-state index in [1.165, 1.54) is 0 Å². The third kappa shape index (κ3) is 3.55. The molecule has 0 heterocycles. The minimum Gasteiger partial charge on any atom is -0.489 e. The molecular weight excluding hydrogens is 336 g/mol. The van der Waals surface area contributed by atoms with Crippen molar-refractivity contribution < 1.29 is 9.53 Å². The van der Waals surface area contributed by atoms with Crippen LogP contribution in [0.15, 0.2) is 54.6 Å². The molecule has 2 aromatic carbocycles. The molecule has 0 aromatic heterocycles. The van der Waals surface area contributed by atoms with Crippen molar-refractivity contribution in [3.8, 4) is 11.8 Å². The first-order valence-corrected chi connectivity index (χ1v) is 9.27. The molecule has 27 heavy (non-hydrogen) atoms. The molecule has 1 aliphatic carbocycles. The molecule has 1 saturated carbocycles. The maximum atomic E-state index is 12.4. The molecule has 4 heteroatoms. The number of benzene rings is 2. The Morgan fingerprint density at radius 1 is 1.04 bits per heavy atom. The SMILES string of the molecule is CC1(C)C(CNC(=O)c2ccccc2)C(C)(C)C1Oc1ccc(C#N)cc1. The number of hydrogen-bond acceptors (Lipinski definition) is 3. The first-order chi connectivity index (χ1) is 12.8. The van der Waals surface area contributed by atoms with Crippen LogP contribution in [-0.2, 0) is 0 Å². The number of nitriles is 1. The van der Waals surface area contributed by atoms with Crippen LogP contribution < -0.4 is 10.1 Å². The number of amides is 1. The lowest BCUT2D eigenvalue weighted by atomic mass is 9.45. The molecule has 0 spiro atoms. The Morgan fingerprint density at radius 2 is 1.63 bits per heavy atom. The fourth-order valence-corrected chi connectivity index (χ4v) is 4.65. The van der Waals surface area contributed by atoms with Crippen molar-refractivity contribution in [3.63, 3.8) is 0 Å². The molecule has 0 atom stereocenters. The predicted octanol–water partition coefficient (Wildman–Crippen LogP) is 4.42. The summed E-state index contributed by atoms with van der Waals surface area (Å²) in [5.41, 5.74) is 1.14. The number of nitrogens with zero attached hydrogens (tertiary/aromatic N) is 1. The largest absolute Gasteiger partial charge is 0.489 e. The summed E-state index contributed by atoms with van der Waals surface area (Å²) in [5, 5.41) is 12.0. The van der Waals surface area contributed by atoms with E-state index in [9.17, 15) is 4.79 Å². The zero-order chi connectivity index (χ0) is 19.7. The molecule has 3 rings (SSSR count). The molecule has 0 aliphatic heterocycles. The van der Waals surface area contributed by atoms with Crippen LogP contribution in [0, 0.1) is 28.1 Å². The van der Waals surface area contributed by atoms with Gasteiger partial charge in [-0.2, -0.15) is 5.26 Å². The highest BCUT2D eigenvalue weighted by Gasteiger charge is 2.63. The van der Waals surface area contributed by atoms with Gasteiger partial charge in [-0.1, -0.05) is 45.9 Å². The van der Waals surface area contributed by atoms with Crippen molar-refractivity contribution in [2.24, 2.45) is 16.7 Å². The smallest absolute Gasteiger partial charge is 0.251 e. The van der Waals surface area contributed by atoms with Crippen molar-refractivity contribution in [2.75, 3.05) is 6.54 Å². The van der Waals surface area contributed by atoms with E-state index in [1.807, 2.05) is 42.5 Å². The first kappa shape index (κ1) is 19.0. The highest BCUT2D eigenvalue weighted by Crippen LogP contribution is 2.59.